The summed E-state index contributed by atoms with van der Waals surface area (Å²) in [6.45, 7) is 0.337. The van der Waals surface area contributed by atoms with Crippen LogP contribution in [0.25, 0.3) is 0 Å². The molecule has 19 heavy (non-hydrogen) atoms. The standard InChI is InChI=1S/C11H11Cl2NO4S/c12-8-4-9(13)10(3-7(8)11(15)16)19(17,18)14-5-6-1-2-6/h3-4,6,14H,1-2,5H2,(H,15,16). The number of sulfonamides is 1. The van der Waals surface area contributed by atoms with Crippen LogP contribution >= 0.6 is 23.2 Å². The third-order valence-electron chi connectivity index (χ3n) is 2.80. The van der Waals surface area contributed by atoms with Crippen molar-refractivity contribution in [3.05, 3.63) is 27.7 Å². The predicted molar refractivity (Wildman–Crippen MR) is 71.3 cm³/mol. The number of hydrogen-bond donors (Lipinski definition) is 2. The van der Waals surface area contributed by atoms with E-state index in [-0.39, 0.29) is 20.5 Å². The topological polar surface area (TPSA) is 83.5 Å². The SMILES string of the molecule is O=C(O)c1cc(S(=O)(=O)NCC2CC2)c(Cl)cc1Cl. The molecule has 0 heterocycles. The van der Waals surface area contributed by atoms with Crippen molar-refractivity contribution in [3.8, 4) is 0 Å². The van der Waals surface area contributed by atoms with Crippen molar-refractivity contribution < 1.29 is 18.3 Å². The van der Waals surface area contributed by atoms with Gasteiger partial charge in [0.05, 0.1) is 15.6 Å². The second-order valence-electron chi connectivity index (χ2n) is 4.36. The van der Waals surface area contributed by atoms with Crippen LogP contribution < -0.4 is 4.72 Å². The van der Waals surface area contributed by atoms with Crippen molar-refractivity contribution in [3.63, 3.8) is 0 Å². The fourth-order valence-electron chi connectivity index (χ4n) is 1.53. The minimum absolute atomic E-state index is 0.0985. The van der Waals surface area contributed by atoms with E-state index in [2.05, 4.69) is 4.72 Å². The molecule has 5 nitrogen and oxygen atoms in total. The van der Waals surface area contributed by atoms with E-state index >= 15 is 0 Å². The maximum atomic E-state index is 12.0. The predicted octanol–water partition coefficient (Wildman–Crippen LogP) is 2.38. The second kappa shape index (κ2) is 5.28. The van der Waals surface area contributed by atoms with E-state index in [0.717, 1.165) is 25.0 Å². The first-order valence-corrected chi connectivity index (χ1v) is 7.77. The van der Waals surface area contributed by atoms with E-state index < -0.39 is 16.0 Å². The molecule has 0 bridgehead atoms. The van der Waals surface area contributed by atoms with E-state index in [1.807, 2.05) is 0 Å². The van der Waals surface area contributed by atoms with Gasteiger partial charge in [0, 0.05) is 6.54 Å². The number of carbonyl (C=O) groups is 1. The zero-order chi connectivity index (χ0) is 14.2. The third kappa shape index (κ3) is 3.39. The normalized spacial score (nSPS) is 15.5. The van der Waals surface area contributed by atoms with Gasteiger partial charge in [-0.15, -0.1) is 0 Å². The van der Waals surface area contributed by atoms with Gasteiger partial charge in [0.15, 0.2) is 0 Å². The smallest absolute Gasteiger partial charge is 0.337 e. The molecule has 0 saturated heterocycles. The summed E-state index contributed by atoms with van der Waals surface area (Å²) in [7, 11) is -3.82. The summed E-state index contributed by atoms with van der Waals surface area (Å²) in [5.41, 5.74) is -0.294. The van der Waals surface area contributed by atoms with Crippen molar-refractivity contribution in [1.82, 2.24) is 4.72 Å². The molecule has 104 valence electrons. The fraction of sp³-hybridized carbons (Fsp3) is 0.364. The third-order valence-corrected chi connectivity index (χ3v) is 5.00. The van der Waals surface area contributed by atoms with Crippen LogP contribution in [0.3, 0.4) is 0 Å². The zero-order valence-corrected chi connectivity index (χ0v) is 12.0. The monoisotopic (exact) mass is 323 g/mol. The van der Waals surface area contributed by atoms with Crippen LogP contribution in [0.5, 0.6) is 0 Å². The largest absolute Gasteiger partial charge is 0.478 e. The molecule has 2 N–H and O–H groups in total. The molecule has 1 aliphatic rings. The first kappa shape index (κ1) is 14.6. The van der Waals surface area contributed by atoms with Crippen molar-refractivity contribution in [1.29, 1.82) is 0 Å². The Morgan fingerprint density at radius 1 is 1.32 bits per heavy atom. The van der Waals surface area contributed by atoms with Gasteiger partial charge in [-0.2, -0.15) is 0 Å². The van der Waals surface area contributed by atoms with Crippen LogP contribution in [0.4, 0.5) is 0 Å². The summed E-state index contributed by atoms with van der Waals surface area (Å²) in [4.78, 5) is 10.7. The molecule has 0 atom stereocenters. The van der Waals surface area contributed by atoms with E-state index in [9.17, 15) is 13.2 Å². The Hall–Kier alpha value is -0.820. The van der Waals surface area contributed by atoms with E-state index in [1.165, 1.54) is 0 Å². The van der Waals surface area contributed by atoms with Gasteiger partial charge in [0.2, 0.25) is 10.0 Å². The zero-order valence-electron chi connectivity index (χ0n) is 9.69. The van der Waals surface area contributed by atoms with Gasteiger partial charge in [-0.05, 0) is 30.9 Å². The van der Waals surface area contributed by atoms with Gasteiger partial charge in [-0.3, -0.25) is 0 Å². The lowest BCUT2D eigenvalue weighted by molar-refractivity contribution is 0.0697. The molecule has 0 aliphatic heterocycles. The van der Waals surface area contributed by atoms with Gasteiger partial charge in [-0.1, -0.05) is 23.2 Å². The quantitative estimate of drug-likeness (QED) is 0.871. The second-order valence-corrected chi connectivity index (χ2v) is 6.91. The van der Waals surface area contributed by atoms with Crippen molar-refractivity contribution in [2.75, 3.05) is 6.54 Å². The molecule has 1 aromatic carbocycles. The maximum absolute atomic E-state index is 12.0. The lowest BCUT2D eigenvalue weighted by atomic mass is 10.2. The number of hydrogen-bond acceptors (Lipinski definition) is 3. The molecule has 1 aliphatic carbocycles. The van der Waals surface area contributed by atoms with Gasteiger partial charge in [0.1, 0.15) is 4.90 Å². The Morgan fingerprint density at radius 2 is 1.95 bits per heavy atom. The highest BCUT2D eigenvalue weighted by molar-refractivity contribution is 7.89. The molecule has 2 rings (SSSR count). The molecule has 0 amide bonds. The molecule has 0 radical (unpaired) electrons. The Labute approximate surface area is 120 Å². The summed E-state index contributed by atoms with van der Waals surface area (Å²) >= 11 is 11.5. The van der Waals surface area contributed by atoms with E-state index in [0.29, 0.717) is 12.5 Å². The van der Waals surface area contributed by atoms with Crippen molar-refractivity contribution in [2.24, 2.45) is 5.92 Å². The minimum atomic E-state index is -3.82. The van der Waals surface area contributed by atoms with E-state index in [4.69, 9.17) is 28.3 Å². The number of rotatable bonds is 5. The van der Waals surface area contributed by atoms with Crippen molar-refractivity contribution in [2.45, 2.75) is 17.7 Å². The molecule has 1 fully saturated rings. The Kier molecular flexibility index (Phi) is 4.06. The average molecular weight is 324 g/mol. The molecule has 0 aromatic heterocycles. The summed E-state index contributed by atoms with van der Waals surface area (Å²) in [5.74, 6) is -0.944. The Morgan fingerprint density at radius 3 is 2.47 bits per heavy atom. The summed E-state index contributed by atoms with van der Waals surface area (Å²) < 4.78 is 26.5. The number of carboxylic acid groups (broad SMARTS) is 1. The highest BCUT2D eigenvalue weighted by atomic mass is 35.5. The molecule has 0 spiro atoms. The van der Waals surface area contributed by atoms with Crippen LogP contribution in [0, 0.1) is 5.92 Å². The first-order chi connectivity index (χ1) is 8.81. The lowest BCUT2D eigenvalue weighted by Gasteiger charge is -2.09. The number of carboxylic acids is 1. The van der Waals surface area contributed by atoms with E-state index in [1.54, 1.807) is 0 Å². The van der Waals surface area contributed by atoms with Crippen LogP contribution in [0.15, 0.2) is 17.0 Å². The molecule has 1 saturated carbocycles. The van der Waals surface area contributed by atoms with Crippen LogP contribution in [-0.2, 0) is 10.0 Å². The molecule has 8 heteroatoms. The Balaban J connectivity index is 2.36. The number of aromatic carboxylic acids is 1. The minimum Gasteiger partial charge on any atom is -0.478 e. The average Bonchev–Trinajstić information content (AvgIpc) is 3.09. The maximum Gasteiger partial charge on any atom is 0.337 e. The first-order valence-electron chi connectivity index (χ1n) is 5.53. The molecular weight excluding hydrogens is 313 g/mol. The van der Waals surface area contributed by atoms with Gasteiger partial charge < -0.3 is 5.11 Å². The summed E-state index contributed by atoms with van der Waals surface area (Å²) in [5, 5.41) is 8.73. The lowest BCUT2D eigenvalue weighted by Crippen LogP contribution is -2.26. The summed E-state index contributed by atoms with van der Waals surface area (Å²) in [6, 6.07) is 2.10. The highest BCUT2D eigenvalue weighted by Crippen LogP contribution is 2.31. The Bertz CT molecular complexity index is 626. The molecule has 0 unspecified atom stereocenters. The number of halogens is 2. The number of benzene rings is 1. The van der Waals surface area contributed by atoms with Gasteiger partial charge in [-0.25, -0.2) is 17.9 Å². The van der Waals surface area contributed by atoms with Gasteiger partial charge in [0.25, 0.3) is 0 Å². The van der Waals surface area contributed by atoms with Crippen LogP contribution in [-0.4, -0.2) is 26.0 Å². The molecular formula is C11H11Cl2NO4S. The fourth-order valence-corrected chi connectivity index (χ4v) is 3.49. The van der Waals surface area contributed by atoms with Crippen LogP contribution in [0.1, 0.15) is 23.2 Å². The van der Waals surface area contributed by atoms with Crippen LogP contribution in [0.2, 0.25) is 10.0 Å². The molecule has 1 aromatic rings. The summed E-state index contributed by atoms with van der Waals surface area (Å²) in [6.07, 6.45) is 1.99. The van der Waals surface area contributed by atoms with Gasteiger partial charge >= 0.3 is 5.97 Å². The highest BCUT2D eigenvalue weighted by Gasteiger charge is 2.26. The van der Waals surface area contributed by atoms with Crippen molar-refractivity contribution >= 4 is 39.2 Å². The number of nitrogens with one attached hydrogen (secondary N) is 1.